The van der Waals surface area contributed by atoms with Crippen LogP contribution in [0.4, 0.5) is 0 Å². The van der Waals surface area contributed by atoms with Crippen molar-refractivity contribution in [3.63, 3.8) is 0 Å². The molecule has 0 spiro atoms. The molecule has 0 radical (unpaired) electrons. The third kappa shape index (κ3) is 3.07. The zero-order chi connectivity index (χ0) is 12.1. The molecule has 92 valence electrons. The first-order chi connectivity index (χ1) is 8.31. The smallest absolute Gasteiger partial charge is 0.192 e. The molecule has 1 aliphatic carbocycles. The van der Waals surface area contributed by atoms with Gasteiger partial charge >= 0.3 is 0 Å². The molecule has 0 N–H and O–H groups in total. The van der Waals surface area contributed by atoms with Gasteiger partial charge in [-0.25, -0.2) is 0 Å². The second-order valence-corrected chi connectivity index (χ2v) is 4.22. The minimum atomic E-state index is 0.000880. The standard InChI is InChI=1S/C14H18O3/c1-2-16-14-9-4-3-8-12(14)13(15)10-17-11-6-5-7-11/h3-4,8-9,11H,2,5-7,10H2,1H3. The van der Waals surface area contributed by atoms with Gasteiger partial charge < -0.3 is 9.47 Å². The first-order valence-corrected chi connectivity index (χ1v) is 6.18. The lowest BCUT2D eigenvalue weighted by molar-refractivity contribution is 0.00719. The second kappa shape index (κ2) is 5.82. The first kappa shape index (κ1) is 12.1. The number of ether oxygens (including phenoxy) is 2. The minimum Gasteiger partial charge on any atom is -0.493 e. The van der Waals surface area contributed by atoms with Crippen LogP contribution in [-0.4, -0.2) is 25.1 Å². The number of carbonyl (C=O) groups is 1. The van der Waals surface area contributed by atoms with Crippen molar-refractivity contribution in [1.82, 2.24) is 0 Å². The number of hydrogen-bond acceptors (Lipinski definition) is 3. The Morgan fingerprint density at radius 1 is 1.35 bits per heavy atom. The molecule has 17 heavy (non-hydrogen) atoms. The van der Waals surface area contributed by atoms with Gasteiger partial charge in [-0.2, -0.15) is 0 Å². The lowest BCUT2D eigenvalue weighted by Gasteiger charge is -2.25. The Morgan fingerprint density at radius 2 is 2.12 bits per heavy atom. The van der Waals surface area contributed by atoms with Crippen molar-refractivity contribution in [2.24, 2.45) is 0 Å². The number of benzene rings is 1. The van der Waals surface area contributed by atoms with Gasteiger partial charge in [0, 0.05) is 0 Å². The van der Waals surface area contributed by atoms with E-state index in [1.54, 1.807) is 6.07 Å². The van der Waals surface area contributed by atoms with E-state index < -0.39 is 0 Å². The molecule has 1 aromatic carbocycles. The summed E-state index contributed by atoms with van der Waals surface area (Å²) in [7, 11) is 0. The zero-order valence-electron chi connectivity index (χ0n) is 10.1. The van der Waals surface area contributed by atoms with Crippen molar-refractivity contribution in [2.75, 3.05) is 13.2 Å². The van der Waals surface area contributed by atoms with Gasteiger partial charge in [-0.3, -0.25) is 4.79 Å². The van der Waals surface area contributed by atoms with Crippen LogP contribution in [0.1, 0.15) is 36.5 Å². The Bertz CT molecular complexity index is 383. The molecule has 1 fully saturated rings. The largest absolute Gasteiger partial charge is 0.493 e. The van der Waals surface area contributed by atoms with Crippen LogP contribution in [-0.2, 0) is 4.74 Å². The maximum Gasteiger partial charge on any atom is 0.192 e. The van der Waals surface area contributed by atoms with Crippen molar-refractivity contribution < 1.29 is 14.3 Å². The summed E-state index contributed by atoms with van der Waals surface area (Å²) < 4.78 is 11.0. The molecule has 3 nitrogen and oxygen atoms in total. The molecule has 0 unspecified atom stereocenters. The summed E-state index contributed by atoms with van der Waals surface area (Å²) in [6.07, 6.45) is 3.67. The fourth-order valence-corrected chi connectivity index (χ4v) is 1.79. The van der Waals surface area contributed by atoms with Crippen molar-refractivity contribution in [2.45, 2.75) is 32.3 Å². The Hall–Kier alpha value is -1.35. The van der Waals surface area contributed by atoms with Crippen LogP contribution >= 0.6 is 0 Å². The van der Waals surface area contributed by atoms with Crippen LogP contribution in [0, 0.1) is 0 Å². The van der Waals surface area contributed by atoms with E-state index in [2.05, 4.69) is 0 Å². The van der Waals surface area contributed by atoms with E-state index in [0.29, 0.717) is 24.0 Å². The first-order valence-electron chi connectivity index (χ1n) is 6.18. The summed E-state index contributed by atoms with van der Waals surface area (Å²) in [5.74, 6) is 0.651. The minimum absolute atomic E-state index is 0.000880. The molecule has 0 aromatic heterocycles. The quantitative estimate of drug-likeness (QED) is 0.710. The second-order valence-electron chi connectivity index (χ2n) is 4.22. The average Bonchev–Trinajstić information content (AvgIpc) is 2.28. The van der Waals surface area contributed by atoms with Gasteiger partial charge in [0.25, 0.3) is 0 Å². The van der Waals surface area contributed by atoms with Gasteiger partial charge in [0.15, 0.2) is 5.78 Å². The van der Waals surface area contributed by atoms with E-state index in [-0.39, 0.29) is 12.4 Å². The molecule has 1 aromatic rings. The van der Waals surface area contributed by atoms with E-state index in [0.717, 1.165) is 12.8 Å². The molecule has 0 bridgehead atoms. The van der Waals surface area contributed by atoms with Gasteiger partial charge in [-0.15, -0.1) is 0 Å². The fraction of sp³-hybridized carbons (Fsp3) is 0.500. The lowest BCUT2D eigenvalue weighted by Crippen LogP contribution is -2.25. The third-order valence-corrected chi connectivity index (χ3v) is 2.99. The number of carbonyl (C=O) groups excluding carboxylic acids is 1. The molecule has 3 heteroatoms. The van der Waals surface area contributed by atoms with Crippen LogP contribution in [0.25, 0.3) is 0 Å². The van der Waals surface area contributed by atoms with Crippen molar-refractivity contribution >= 4 is 5.78 Å². The predicted molar refractivity (Wildman–Crippen MR) is 65.5 cm³/mol. The van der Waals surface area contributed by atoms with Crippen molar-refractivity contribution in [3.8, 4) is 5.75 Å². The van der Waals surface area contributed by atoms with E-state index in [4.69, 9.17) is 9.47 Å². The lowest BCUT2D eigenvalue weighted by atomic mass is 9.96. The molecule has 1 saturated carbocycles. The van der Waals surface area contributed by atoms with Gasteiger partial charge in [-0.05, 0) is 38.3 Å². The Kier molecular flexibility index (Phi) is 4.15. The van der Waals surface area contributed by atoms with Crippen molar-refractivity contribution in [1.29, 1.82) is 0 Å². The number of para-hydroxylation sites is 1. The number of hydrogen-bond donors (Lipinski definition) is 0. The summed E-state index contributed by atoms with van der Waals surface area (Å²) in [6, 6.07) is 7.32. The highest BCUT2D eigenvalue weighted by Crippen LogP contribution is 2.23. The normalized spacial score (nSPS) is 15.4. The molecule has 1 aliphatic rings. The number of rotatable bonds is 6. The molecule has 0 saturated heterocycles. The van der Waals surface area contributed by atoms with Crippen LogP contribution in [0.3, 0.4) is 0 Å². The predicted octanol–water partition coefficient (Wildman–Crippen LogP) is 2.84. The van der Waals surface area contributed by atoms with E-state index in [9.17, 15) is 4.79 Å². The highest BCUT2D eigenvalue weighted by molar-refractivity contribution is 5.99. The highest BCUT2D eigenvalue weighted by Gasteiger charge is 2.20. The summed E-state index contributed by atoms with van der Waals surface area (Å²) in [5.41, 5.74) is 0.619. The molecular formula is C14H18O3. The SMILES string of the molecule is CCOc1ccccc1C(=O)COC1CCC1. The van der Waals surface area contributed by atoms with Gasteiger partial charge in [-0.1, -0.05) is 12.1 Å². The molecule has 2 rings (SSSR count). The van der Waals surface area contributed by atoms with Gasteiger partial charge in [0.05, 0.1) is 18.3 Å². The van der Waals surface area contributed by atoms with Gasteiger partial charge in [0.2, 0.25) is 0 Å². The highest BCUT2D eigenvalue weighted by atomic mass is 16.5. The van der Waals surface area contributed by atoms with Crippen LogP contribution in [0.2, 0.25) is 0 Å². The summed E-state index contributed by atoms with van der Waals surface area (Å²) in [6.45, 7) is 2.63. The molecule has 0 aliphatic heterocycles. The van der Waals surface area contributed by atoms with Gasteiger partial charge in [0.1, 0.15) is 12.4 Å². The summed E-state index contributed by atoms with van der Waals surface area (Å²) in [4.78, 5) is 12.0. The third-order valence-electron chi connectivity index (χ3n) is 2.99. The summed E-state index contributed by atoms with van der Waals surface area (Å²) in [5, 5.41) is 0. The Labute approximate surface area is 102 Å². The number of Topliss-reactive ketones (excluding diaryl/α,β-unsaturated/α-hetero) is 1. The van der Waals surface area contributed by atoms with Crippen LogP contribution in [0.5, 0.6) is 5.75 Å². The monoisotopic (exact) mass is 234 g/mol. The molecular weight excluding hydrogens is 216 g/mol. The summed E-state index contributed by atoms with van der Waals surface area (Å²) >= 11 is 0. The molecule has 0 atom stereocenters. The fourth-order valence-electron chi connectivity index (χ4n) is 1.79. The maximum atomic E-state index is 12.0. The molecule has 0 amide bonds. The van der Waals surface area contributed by atoms with Crippen LogP contribution < -0.4 is 4.74 Å². The topological polar surface area (TPSA) is 35.5 Å². The molecule has 0 heterocycles. The Morgan fingerprint density at radius 3 is 2.76 bits per heavy atom. The average molecular weight is 234 g/mol. The van der Waals surface area contributed by atoms with Crippen molar-refractivity contribution in [3.05, 3.63) is 29.8 Å². The van der Waals surface area contributed by atoms with E-state index in [1.807, 2.05) is 25.1 Å². The number of ketones is 1. The van der Waals surface area contributed by atoms with E-state index in [1.165, 1.54) is 6.42 Å². The van der Waals surface area contributed by atoms with E-state index >= 15 is 0 Å². The zero-order valence-corrected chi connectivity index (χ0v) is 10.1. The Balaban J connectivity index is 1.96. The maximum absolute atomic E-state index is 12.0. The van der Waals surface area contributed by atoms with Crippen LogP contribution in [0.15, 0.2) is 24.3 Å².